The number of pyridine rings is 1. The lowest BCUT2D eigenvalue weighted by molar-refractivity contribution is -0.120. The van der Waals surface area contributed by atoms with Crippen LogP contribution >= 0.6 is 11.3 Å². The first kappa shape index (κ1) is 18.0. The van der Waals surface area contributed by atoms with Gasteiger partial charge in [-0.2, -0.15) is 0 Å². The van der Waals surface area contributed by atoms with Crippen molar-refractivity contribution in [3.63, 3.8) is 0 Å². The molecule has 2 aromatic rings. The van der Waals surface area contributed by atoms with Crippen LogP contribution in [0.15, 0.2) is 24.4 Å². The highest BCUT2D eigenvalue weighted by Gasteiger charge is 2.24. The summed E-state index contributed by atoms with van der Waals surface area (Å²) in [6.45, 7) is 7.61. The number of hydrogen-bond acceptors (Lipinski definition) is 6. The molecular formula is C18H24N4O2S. The largest absolute Gasteiger partial charge is 0.379 e. The Balaban J connectivity index is 1.63. The van der Waals surface area contributed by atoms with Gasteiger partial charge in [0.05, 0.1) is 42.1 Å². The van der Waals surface area contributed by atoms with Gasteiger partial charge in [0, 0.05) is 30.7 Å². The predicted molar refractivity (Wildman–Crippen MR) is 97.7 cm³/mol. The normalized spacial score (nSPS) is 16.6. The summed E-state index contributed by atoms with van der Waals surface area (Å²) < 4.78 is 5.45. The molecule has 0 saturated carbocycles. The van der Waals surface area contributed by atoms with E-state index >= 15 is 0 Å². The van der Waals surface area contributed by atoms with E-state index in [0.717, 1.165) is 47.6 Å². The summed E-state index contributed by atoms with van der Waals surface area (Å²) >= 11 is 1.59. The number of morpholine rings is 1. The Morgan fingerprint density at radius 1 is 1.36 bits per heavy atom. The lowest BCUT2D eigenvalue weighted by Gasteiger charge is -2.34. The van der Waals surface area contributed by atoms with Crippen molar-refractivity contribution in [2.24, 2.45) is 0 Å². The van der Waals surface area contributed by atoms with Crippen molar-refractivity contribution >= 4 is 17.2 Å². The van der Waals surface area contributed by atoms with Crippen LogP contribution in [0.1, 0.15) is 27.3 Å². The lowest BCUT2D eigenvalue weighted by Crippen LogP contribution is -2.44. The number of nitrogens with zero attached hydrogens (tertiary/aromatic N) is 3. The minimum absolute atomic E-state index is 0.0286. The quantitative estimate of drug-likeness (QED) is 0.852. The molecule has 3 heterocycles. The number of thiazole rings is 1. The van der Waals surface area contributed by atoms with Crippen LogP contribution in [0.3, 0.4) is 0 Å². The monoisotopic (exact) mass is 360 g/mol. The van der Waals surface area contributed by atoms with Gasteiger partial charge in [0.2, 0.25) is 5.91 Å². The average molecular weight is 360 g/mol. The third-order valence-corrected chi connectivity index (χ3v) is 5.40. The SMILES string of the molecule is Cc1nc(C)c(CC(=O)NC[C@@H](c2ccccn2)N2CCOCC2)s1. The van der Waals surface area contributed by atoms with E-state index in [4.69, 9.17) is 4.74 Å². The number of rotatable bonds is 6. The zero-order valence-electron chi connectivity index (χ0n) is 14.7. The molecule has 6 nitrogen and oxygen atoms in total. The van der Waals surface area contributed by atoms with Gasteiger partial charge in [-0.15, -0.1) is 11.3 Å². The van der Waals surface area contributed by atoms with E-state index in [0.29, 0.717) is 13.0 Å². The van der Waals surface area contributed by atoms with Crippen LogP contribution in [0, 0.1) is 13.8 Å². The minimum Gasteiger partial charge on any atom is -0.379 e. The van der Waals surface area contributed by atoms with Gasteiger partial charge in [0.1, 0.15) is 0 Å². The molecule has 0 unspecified atom stereocenters. The van der Waals surface area contributed by atoms with E-state index < -0.39 is 0 Å². The highest BCUT2D eigenvalue weighted by atomic mass is 32.1. The van der Waals surface area contributed by atoms with Crippen LogP contribution in [0.4, 0.5) is 0 Å². The molecule has 0 aliphatic carbocycles. The lowest BCUT2D eigenvalue weighted by atomic mass is 10.1. The molecule has 134 valence electrons. The number of aromatic nitrogens is 2. The second-order valence-electron chi connectivity index (χ2n) is 6.14. The summed E-state index contributed by atoms with van der Waals surface area (Å²) in [6, 6.07) is 5.98. The topological polar surface area (TPSA) is 67.4 Å². The standard InChI is InChI=1S/C18H24N4O2S/c1-13-17(25-14(2)21-13)11-18(23)20-12-16(15-5-3-4-6-19-15)22-7-9-24-10-8-22/h3-6,16H,7-12H2,1-2H3,(H,20,23)/t16-/m0/s1. The van der Waals surface area contributed by atoms with Crippen LogP contribution in [-0.2, 0) is 16.0 Å². The van der Waals surface area contributed by atoms with Crippen molar-refractivity contribution in [1.29, 1.82) is 0 Å². The molecule has 25 heavy (non-hydrogen) atoms. The van der Waals surface area contributed by atoms with Crippen LogP contribution in [0.5, 0.6) is 0 Å². The molecular weight excluding hydrogens is 336 g/mol. The smallest absolute Gasteiger partial charge is 0.225 e. The second kappa shape index (κ2) is 8.51. The van der Waals surface area contributed by atoms with E-state index in [1.165, 1.54) is 0 Å². The van der Waals surface area contributed by atoms with Gasteiger partial charge in [-0.25, -0.2) is 4.98 Å². The number of amides is 1. The number of carbonyl (C=O) groups excluding carboxylic acids is 1. The van der Waals surface area contributed by atoms with E-state index in [1.807, 2.05) is 32.0 Å². The maximum atomic E-state index is 12.4. The van der Waals surface area contributed by atoms with Crippen molar-refractivity contribution in [3.05, 3.63) is 45.7 Å². The number of carbonyl (C=O) groups is 1. The molecule has 1 atom stereocenters. The highest BCUT2D eigenvalue weighted by molar-refractivity contribution is 7.11. The maximum Gasteiger partial charge on any atom is 0.225 e. The third-order valence-electron chi connectivity index (χ3n) is 4.33. The van der Waals surface area contributed by atoms with Crippen LogP contribution < -0.4 is 5.32 Å². The minimum atomic E-state index is 0.0286. The number of hydrogen-bond donors (Lipinski definition) is 1. The molecule has 0 bridgehead atoms. The van der Waals surface area contributed by atoms with Gasteiger partial charge < -0.3 is 10.1 Å². The van der Waals surface area contributed by atoms with Gasteiger partial charge >= 0.3 is 0 Å². The summed E-state index contributed by atoms with van der Waals surface area (Å²) in [5.41, 5.74) is 1.93. The van der Waals surface area contributed by atoms with Crippen molar-refractivity contribution in [3.8, 4) is 0 Å². The fourth-order valence-electron chi connectivity index (χ4n) is 3.04. The van der Waals surface area contributed by atoms with Crippen molar-refractivity contribution in [1.82, 2.24) is 20.2 Å². The van der Waals surface area contributed by atoms with E-state index in [9.17, 15) is 4.79 Å². The first-order valence-electron chi connectivity index (χ1n) is 8.56. The van der Waals surface area contributed by atoms with E-state index in [-0.39, 0.29) is 11.9 Å². The van der Waals surface area contributed by atoms with Gasteiger partial charge in [-0.05, 0) is 26.0 Å². The molecule has 0 radical (unpaired) electrons. The molecule has 7 heteroatoms. The molecule has 1 amide bonds. The summed E-state index contributed by atoms with van der Waals surface area (Å²) in [5.74, 6) is 0.0286. The fourth-order valence-corrected chi connectivity index (χ4v) is 3.98. The first-order valence-corrected chi connectivity index (χ1v) is 9.37. The summed E-state index contributed by atoms with van der Waals surface area (Å²) in [4.78, 5) is 24.6. The van der Waals surface area contributed by atoms with Crippen LogP contribution in [-0.4, -0.2) is 53.6 Å². The average Bonchev–Trinajstić information content (AvgIpc) is 2.94. The number of nitrogens with one attached hydrogen (secondary N) is 1. The van der Waals surface area contributed by atoms with Gasteiger partial charge in [-0.1, -0.05) is 6.07 Å². The van der Waals surface area contributed by atoms with Crippen molar-refractivity contribution in [2.45, 2.75) is 26.3 Å². The van der Waals surface area contributed by atoms with E-state index in [2.05, 4.69) is 20.2 Å². The molecule has 1 N–H and O–H groups in total. The van der Waals surface area contributed by atoms with Crippen LogP contribution in [0.2, 0.25) is 0 Å². The van der Waals surface area contributed by atoms with E-state index in [1.54, 1.807) is 17.5 Å². The molecule has 0 spiro atoms. The van der Waals surface area contributed by atoms with Gasteiger partial charge in [0.15, 0.2) is 0 Å². The van der Waals surface area contributed by atoms with Gasteiger partial charge in [0.25, 0.3) is 0 Å². The predicted octanol–water partition coefficient (Wildman–Crippen LogP) is 1.89. The Morgan fingerprint density at radius 3 is 2.80 bits per heavy atom. The summed E-state index contributed by atoms with van der Waals surface area (Å²) in [5, 5.41) is 4.08. The summed E-state index contributed by atoms with van der Waals surface area (Å²) in [7, 11) is 0. The first-order chi connectivity index (χ1) is 12.1. The van der Waals surface area contributed by atoms with Crippen molar-refractivity contribution in [2.75, 3.05) is 32.8 Å². The number of ether oxygens (including phenoxy) is 1. The fraction of sp³-hybridized carbons (Fsp3) is 0.500. The zero-order chi connectivity index (χ0) is 17.6. The third kappa shape index (κ3) is 4.84. The highest BCUT2D eigenvalue weighted by Crippen LogP contribution is 2.20. The molecule has 3 rings (SSSR count). The number of aryl methyl sites for hydroxylation is 2. The molecule has 1 aliphatic heterocycles. The Morgan fingerprint density at radius 2 is 2.16 bits per heavy atom. The molecule has 1 saturated heterocycles. The Hall–Kier alpha value is -1.83. The Kier molecular flexibility index (Phi) is 6.12. The van der Waals surface area contributed by atoms with Crippen molar-refractivity contribution < 1.29 is 9.53 Å². The van der Waals surface area contributed by atoms with Crippen LogP contribution in [0.25, 0.3) is 0 Å². The Labute approximate surface area is 152 Å². The Bertz CT molecular complexity index is 698. The molecule has 1 fully saturated rings. The van der Waals surface area contributed by atoms with Gasteiger partial charge in [-0.3, -0.25) is 14.7 Å². The molecule has 0 aromatic carbocycles. The molecule has 2 aromatic heterocycles. The summed E-state index contributed by atoms with van der Waals surface area (Å²) in [6.07, 6.45) is 2.18. The molecule has 1 aliphatic rings. The maximum absolute atomic E-state index is 12.4. The zero-order valence-corrected chi connectivity index (χ0v) is 15.5. The second-order valence-corrected chi connectivity index (χ2v) is 7.43.